The molecule has 1 heterocycles. The minimum absolute atomic E-state index is 0.111. The highest BCUT2D eigenvalue weighted by molar-refractivity contribution is 6.30. The van der Waals surface area contributed by atoms with Gasteiger partial charge in [-0.1, -0.05) is 11.6 Å². The molecule has 0 unspecified atom stereocenters. The second kappa shape index (κ2) is 6.80. The van der Waals surface area contributed by atoms with Crippen LogP contribution in [-0.4, -0.2) is 40.1 Å². The number of piperidine rings is 1. The summed E-state index contributed by atoms with van der Waals surface area (Å²) in [4.78, 5) is 24.6. The van der Waals surface area contributed by atoms with Gasteiger partial charge in [0.1, 0.15) is 5.75 Å². The number of halogens is 1. The number of nitrogens with zero attached hydrogens (tertiary/aromatic N) is 1. The Morgan fingerprint density at radius 2 is 1.95 bits per heavy atom. The van der Waals surface area contributed by atoms with Crippen molar-refractivity contribution in [3.63, 3.8) is 0 Å². The highest BCUT2D eigenvalue weighted by Gasteiger charge is 2.25. The summed E-state index contributed by atoms with van der Waals surface area (Å²) in [5.41, 5.74) is 0.253. The van der Waals surface area contributed by atoms with Gasteiger partial charge in [0.2, 0.25) is 0 Å². The summed E-state index contributed by atoms with van der Waals surface area (Å²) in [6.07, 6.45) is 2.43. The van der Waals surface area contributed by atoms with Gasteiger partial charge < -0.3 is 15.1 Å². The van der Waals surface area contributed by atoms with E-state index in [0.717, 1.165) is 12.8 Å². The third-order valence-electron chi connectivity index (χ3n) is 3.86. The number of hydrogen-bond acceptors (Lipinski definition) is 3. The molecule has 21 heavy (non-hydrogen) atoms. The number of carboxylic acid groups (broad SMARTS) is 1. The Morgan fingerprint density at radius 3 is 2.52 bits per heavy atom. The molecule has 1 aromatic rings. The van der Waals surface area contributed by atoms with E-state index in [4.69, 9.17) is 16.7 Å². The minimum atomic E-state index is -0.778. The van der Waals surface area contributed by atoms with Crippen LogP contribution in [0.15, 0.2) is 18.2 Å². The van der Waals surface area contributed by atoms with Gasteiger partial charge in [0.05, 0.1) is 5.56 Å². The lowest BCUT2D eigenvalue weighted by atomic mass is 9.92. The number of carbonyl (C=O) groups excluding carboxylic acids is 1. The smallest absolute Gasteiger partial charge is 0.303 e. The Balaban J connectivity index is 1.92. The summed E-state index contributed by atoms with van der Waals surface area (Å²) in [6, 6.07) is 4.46. The first-order valence-electron chi connectivity index (χ1n) is 6.97. The van der Waals surface area contributed by atoms with E-state index < -0.39 is 5.97 Å². The second-order valence-electron chi connectivity index (χ2n) is 5.33. The third-order valence-corrected chi connectivity index (χ3v) is 4.09. The van der Waals surface area contributed by atoms with Crippen LogP contribution in [0.4, 0.5) is 0 Å². The summed E-state index contributed by atoms with van der Waals surface area (Å²) in [7, 11) is 0. The van der Waals surface area contributed by atoms with Gasteiger partial charge in [-0.3, -0.25) is 9.59 Å². The molecule has 2 rings (SSSR count). The topological polar surface area (TPSA) is 77.8 Å². The molecule has 1 aliphatic heterocycles. The molecule has 0 atom stereocenters. The number of rotatable bonds is 4. The zero-order chi connectivity index (χ0) is 15.4. The van der Waals surface area contributed by atoms with Crippen molar-refractivity contribution >= 4 is 23.5 Å². The van der Waals surface area contributed by atoms with E-state index in [2.05, 4.69) is 0 Å². The van der Waals surface area contributed by atoms with Gasteiger partial charge in [-0.2, -0.15) is 0 Å². The van der Waals surface area contributed by atoms with Crippen LogP contribution in [0.1, 0.15) is 36.0 Å². The molecule has 6 heteroatoms. The Kier molecular flexibility index (Phi) is 5.07. The van der Waals surface area contributed by atoms with Gasteiger partial charge in [-0.25, -0.2) is 0 Å². The van der Waals surface area contributed by atoms with Crippen molar-refractivity contribution in [1.82, 2.24) is 4.90 Å². The van der Waals surface area contributed by atoms with Gasteiger partial charge in [0, 0.05) is 24.5 Å². The molecule has 1 fully saturated rings. The standard InChI is InChI=1S/C15H18ClNO4/c16-11-2-3-12(13(18)9-11)15(21)17-7-5-10(6-8-17)1-4-14(19)20/h2-3,9-10,18H,1,4-8H2,(H,19,20). The lowest BCUT2D eigenvalue weighted by molar-refractivity contribution is -0.137. The van der Waals surface area contributed by atoms with Crippen molar-refractivity contribution in [2.75, 3.05) is 13.1 Å². The number of phenolic OH excluding ortho intramolecular Hbond substituents is 1. The van der Waals surface area contributed by atoms with Crippen molar-refractivity contribution in [3.8, 4) is 5.75 Å². The van der Waals surface area contributed by atoms with Crippen molar-refractivity contribution in [2.24, 2.45) is 5.92 Å². The number of hydrogen-bond donors (Lipinski definition) is 2. The summed E-state index contributed by atoms with van der Waals surface area (Å²) in [6.45, 7) is 1.18. The quantitative estimate of drug-likeness (QED) is 0.896. The van der Waals surface area contributed by atoms with Crippen molar-refractivity contribution in [2.45, 2.75) is 25.7 Å². The summed E-state index contributed by atoms with van der Waals surface area (Å²) >= 11 is 5.75. The van der Waals surface area contributed by atoms with Crippen LogP contribution in [0.5, 0.6) is 5.75 Å². The van der Waals surface area contributed by atoms with E-state index in [-0.39, 0.29) is 23.6 Å². The summed E-state index contributed by atoms with van der Waals surface area (Å²) in [5.74, 6) is -0.745. The minimum Gasteiger partial charge on any atom is -0.507 e. The van der Waals surface area contributed by atoms with Crippen LogP contribution < -0.4 is 0 Å². The lowest BCUT2D eigenvalue weighted by Gasteiger charge is -2.32. The first kappa shape index (κ1) is 15.6. The number of likely N-dealkylation sites (tertiary alicyclic amines) is 1. The van der Waals surface area contributed by atoms with E-state index in [9.17, 15) is 14.7 Å². The van der Waals surface area contributed by atoms with Crippen LogP contribution in [0.3, 0.4) is 0 Å². The maximum Gasteiger partial charge on any atom is 0.303 e. The highest BCUT2D eigenvalue weighted by Crippen LogP contribution is 2.27. The molecule has 5 nitrogen and oxygen atoms in total. The molecule has 1 amide bonds. The van der Waals surface area contributed by atoms with Gasteiger partial charge in [-0.15, -0.1) is 0 Å². The lowest BCUT2D eigenvalue weighted by Crippen LogP contribution is -2.38. The monoisotopic (exact) mass is 311 g/mol. The molecular formula is C15H18ClNO4. The van der Waals surface area contributed by atoms with E-state index in [1.165, 1.54) is 12.1 Å². The fourth-order valence-corrected chi connectivity index (χ4v) is 2.77. The van der Waals surface area contributed by atoms with Gasteiger partial charge in [-0.05, 0) is 43.4 Å². The van der Waals surface area contributed by atoms with Crippen molar-refractivity contribution in [3.05, 3.63) is 28.8 Å². The van der Waals surface area contributed by atoms with Crippen molar-refractivity contribution < 1.29 is 19.8 Å². The Hall–Kier alpha value is -1.75. The number of aromatic hydroxyl groups is 1. The predicted molar refractivity (Wildman–Crippen MR) is 78.6 cm³/mol. The number of carboxylic acids is 1. The molecule has 0 aromatic heterocycles. The number of benzene rings is 1. The number of phenols is 1. The molecule has 0 radical (unpaired) electrons. The molecule has 1 aliphatic rings. The summed E-state index contributed by atoms with van der Waals surface area (Å²) in [5, 5.41) is 18.9. The first-order valence-corrected chi connectivity index (χ1v) is 7.34. The first-order chi connectivity index (χ1) is 9.97. The third kappa shape index (κ3) is 4.11. The maximum atomic E-state index is 12.3. The molecule has 1 saturated heterocycles. The number of carbonyl (C=O) groups is 2. The SMILES string of the molecule is O=C(O)CCC1CCN(C(=O)c2ccc(Cl)cc2O)CC1. The molecule has 0 bridgehead atoms. The van der Waals surface area contributed by atoms with E-state index in [0.29, 0.717) is 30.5 Å². The van der Waals surface area contributed by atoms with Gasteiger partial charge in [0.15, 0.2) is 0 Å². The normalized spacial score (nSPS) is 16.0. The molecule has 2 N–H and O–H groups in total. The summed E-state index contributed by atoms with van der Waals surface area (Å²) < 4.78 is 0. The van der Waals surface area contributed by atoms with Gasteiger partial charge >= 0.3 is 5.97 Å². The molecule has 0 saturated carbocycles. The molecular weight excluding hydrogens is 294 g/mol. The Morgan fingerprint density at radius 1 is 1.29 bits per heavy atom. The van der Waals surface area contributed by atoms with Crippen LogP contribution in [0, 0.1) is 5.92 Å². The highest BCUT2D eigenvalue weighted by atomic mass is 35.5. The largest absolute Gasteiger partial charge is 0.507 e. The van der Waals surface area contributed by atoms with Crippen molar-refractivity contribution in [1.29, 1.82) is 0 Å². The molecule has 1 aromatic carbocycles. The molecule has 0 aliphatic carbocycles. The average molecular weight is 312 g/mol. The number of amides is 1. The predicted octanol–water partition coefficient (Wildman–Crippen LogP) is 2.76. The Labute approximate surface area is 128 Å². The van der Waals surface area contributed by atoms with Crippen LogP contribution >= 0.6 is 11.6 Å². The Bertz CT molecular complexity index is 538. The fraction of sp³-hybridized carbons (Fsp3) is 0.467. The van der Waals surface area contributed by atoms with Crippen LogP contribution in [0.2, 0.25) is 5.02 Å². The molecule has 0 spiro atoms. The van der Waals surface area contributed by atoms with Crippen LogP contribution in [0.25, 0.3) is 0 Å². The van der Waals surface area contributed by atoms with Crippen LogP contribution in [-0.2, 0) is 4.79 Å². The van der Waals surface area contributed by atoms with E-state index in [1.54, 1.807) is 11.0 Å². The van der Waals surface area contributed by atoms with E-state index >= 15 is 0 Å². The fourth-order valence-electron chi connectivity index (χ4n) is 2.61. The average Bonchev–Trinajstić information content (AvgIpc) is 2.45. The zero-order valence-corrected chi connectivity index (χ0v) is 12.3. The van der Waals surface area contributed by atoms with Gasteiger partial charge in [0.25, 0.3) is 5.91 Å². The zero-order valence-electron chi connectivity index (χ0n) is 11.6. The number of aliphatic carboxylic acids is 1. The molecule has 114 valence electrons. The maximum absolute atomic E-state index is 12.3. The second-order valence-corrected chi connectivity index (χ2v) is 5.77. The van der Waals surface area contributed by atoms with E-state index in [1.807, 2.05) is 0 Å².